The van der Waals surface area contributed by atoms with Gasteiger partial charge in [-0.25, -0.2) is 10.6 Å². The Bertz CT molecular complexity index is 418. The number of hydrogen-bond acceptors (Lipinski definition) is 5. The van der Waals surface area contributed by atoms with Gasteiger partial charge in [0.15, 0.2) is 0 Å². The molecule has 0 atom stereocenters. The molecule has 0 bridgehead atoms. The Morgan fingerprint density at radius 1 is 1.62 bits per heavy atom. The Morgan fingerprint density at radius 2 is 2.44 bits per heavy atom. The van der Waals surface area contributed by atoms with Gasteiger partial charge < -0.3 is 4.74 Å². The van der Waals surface area contributed by atoms with Crippen LogP contribution in [-0.4, -0.2) is 30.1 Å². The second-order valence-electron chi connectivity index (χ2n) is 3.28. The van der Waals surface area contributed by atoms with Crippen LogP contribution in [0.2, 0.25) is 0 Å². The molecule has 0 unspecified atom stereocenters. The lowest BCUT2D eigenvalue weighted by Crippen LogP contribution is -2.29. The minimum Gasteiger partial charge on any atom is -0.448 e. The molecule has 1 aliphatic heterocycles. The van der Waals surface area contributed by atoms with Crippen molar-refractivity contribution in [2.45, 2.75) is 6.54 Å². The number of hydrazine groups is 1. The van der Waals surface area contributed by atoms with Gasteiger partial charge in [0.2, 0.25) is 0 Å². The quantitative estimate of drug-likeness (QED) is 0.453. The predicted octanol–water partition coefficient (Wildman–Crippen LogP) is 0.304. The number of nitrogens with two attached hydrogens (primary N) is 1. The third kappa shape index (κ3) is 2.15. The number of rotatable bonds is 3. The average molecular weight is 241 g/mol. The highest BCUT2D eigenvalue weighted by molar-refractivity contribution is 7.14. The molecule has 3 N–H and O–H groups in total. The number of nitrogens with one attached hydrogen (secondary N) is 1. The van der Waals surface area contributed by atoms with Gasteiger partial charge >= 0.3 is 6.09 Å². The zero-order valence-electron chi connectivity index (χ0n) is 8.43. The van der Waals surface area contributed by atoms with Crippen molar-refractivity contribution in [3.63, 3.8) is 0 Å². The van der Waals surface area contributed by atoms with E-state index in [1.807, 2.05) is 0 Å². The maximum absolute atomic E-state index is 11.2. The number of nitrogens with zero attached hydrogens (tertiary/aromatic N) is 1. The van der Waals surface area contributed by atoms with Gasteiger partial charge in [0.25, 0.3) is 5.91 Å². The number of cyclic esters (lactones) is 1. The number of ether oxygens (including phenoxy) is 1. The summed E-state index contributed by atoms with van der Waals surface area (Å²) in [6, 6.07) is 3.49. The average Bonchev–Trinajstić information content (AvgIpc) is 2.89. The predicted molar refractivity (Wildman–Crippen MR) is 57.7 cm³/mol. The summed E-state index contributed by atoms with van der Waals surface area (Å²) in [5, 5.41) is 0. The van der Waals surface area contributed by atoms with E-state index < -0.39 is 0 Å². The lowest BCUT2D eigenvalue weighted by Gasteiger charge is -2.09. The molecular weight excluding hydrogens is 230 g/mol. The number of amides is 2. The summed E-state index contributed by atoms with van der Waals surface area (Å²) in [5.74, 6) is 4.70. The fourth-order valence-corrected chi connectivity index (χ4v) is 2.34. The normalized spacial score (nSPS) is 15.1. The third-order valence-electron chi connectivity index (χ3n) is 2.21. The van der Waals surface area contributed by atoms with E-state index in [0.29, 0.717) is 24.6 Å². The topological polar surface area (TPSA) is 84.7 Å². The first kappa shape index (κ1) is 10.9. The van der Waals surface area contributed by atoms with Gasteiger partial charge in [-0.2, -0.15) is 0 Å². The number of nitrogen functional groups attached to an aromatic ring is 1. The molecule has 1 aromatic heterocycles. The lowest BCUT2D eigenvalue weighted by molar-refractivity contribution is 0.0957. The van der Waals surface area contributed by atoms with E-state index in [-0.39, 0.29) is 12.0 Å². The molecule has 0 aromatic carbocycles. The molecule has 1 saturated heterocycles. The van der Waals surface area contributed by atoms with E-state index in [0.717, 1.165) is 4.88 Å². The van der Waals surface area contributed by atoms with Crippen LogP contribution in [0.1, 0.15) is 14.5 Å². The van der Waals surface area contributed by atoms with Crippen LogP contribution in [-0.2, 0) is 11.3 Å². The van der Waals surface area contributed by atoms with Gasteiger partial charge in [-0.15, -0.1) is 11.3 Å². The maximum Gasteiger partial charge on any atom is 0.410 e. The Kier molecular flexibility index (Phi) is 3.07. The van der Waals surface area contributed by atoms with Crippen molar-refractivity contribution in [3.8, 4) is 0 Å². The smallest absolute Gasteiger partial charge is 0.410 e. The zero-order chi connectivity index (χ0) is 11.5. The fraction of sp³-hybridized carbons (Fsp3) is 0.333. The molecule has 2 amide bonds. The summed E-state index contributed by atoms with van der Waals surface area (Å²) >= 11 is 1.31. The molecule has 2 heterocycles. The summed E-state index contributed by atoms with van der Waals surface area (Å²) in [4.78, 5) is 25.4. The molecule has 1 aromatic rings. The van der Waals surface area contributed by atoms with Crippen LogP contribution in [0.25, 0.3) is 0 Å². The van der Waals surface area contributed by atoms with Crippen LogP contribution in [0.15, 0.2) is 12.1 Å². The van der Waals surface area contributed by atoms with Gasteiger partial charge in [-0.3, -0.25) is 15.1 Å². The molecule has 16 heavy (non-hydrogen) atoms. The summed E-state index contributed by atoms with van der Waals surface area (Å²) in [6.45, 7) is 1.50. The van der Waals surface area contributed by atoms with E-state index in [1.165, 1.54) is 11.3 Å². The second kappa shape index (κ2) is 4.50. The van der Waals surface area contributed by atoms with Crippen LogP contribution in [0.5, 0.6) is 0 Å². The minimum atomic E-state index is -0.319. The zero-order valence-corrected chi connectivity index (χ0v) is 9.25. The molecule has 2 rings (SSSR count). The molecule has 7 heteroatoms. The molecule has 1 aliphatic rings. The van der Waals surface area contributed by atoms with E-state index >= 15 is 0 Å². The summed E-state index contributed by atoms with van der Waals surface area (Å²) in [5.41, 5.74) is 2.06. The summed E-state index contributed by atoms with van der Waals surface area (Å²) in [6.07, 6.45) is -0.307. The van der Waals surface area contributed by atoms with Gasteiger partial charge in [-0.1, -0.05) is 0 Å². The van der Waals surface area contributed by atoms with Crippen molar-refractivity contribution >= 4 is 23.3 Å². The highest BCUT2D eigenvalue weighted by Gasteiger charge is 2.22. The van der Waals surface area contributed by atoms with E-state index in [2.05, 4.69) is 5.43 Å². The van der Waals surface area contributed by atoms with E-state index in [4.69, 9.17) is 10.6 Å². The molecule has 86 valence electrons. The second-order valence-corrected chi connectivity index (χ2v) is 4.44. The van der Waals surface area contributed by atoms with Crippen molar-refractivity contribution in [1.29, 1.82) is 0 Å². The third-order valence-corrected chi connectivity index (χ3v) is 3.28. The van der Waals surface area contributed by atoms with Gasteiger partial charge in [-0.05, 0) is 12.1 Å². The molecule has 0 saturated carbocycles. The summed E-state index contributed by atoms with van der Waals surface area (Å²) < 4.78 is 4.81. The standard InChI is InChI=1S/C9H11N3O3S/c10-11-8(13)7-2-1-6(16-7)5-12-3-4-15-9(12)14/h1-2H,3-5,10H2,(H,11,13). The number of carbonyl (C=O) groups excluding carboxylic acids is 2. The van der Waals surface area contributed by atoms with E-state index in [1.54, 1.807) is 17.0 Å². The Hall–Kier alpha value is -1.60. The summed E-state index contributed by atoms with van der Waals surface area (Å²) in [7, 11) is 0. The van der Waals surface area contributed by atoms with Crippen LogP contribution < -0.4 is 11.3 Å². The monoisotopic (exact) mass is 241 g/mol. The largest absolute Gasteiger partial charge is 0.448 e. The molecule has 6 nitrogen and oxygen atoms in total. The maximum atomic E-state index is 11.2. The number of thiophene rings is 1. The van der Waals surface area contributed by atoms with E-state index in [9.17, 15) is 9.59 Å². The first-order valence-electron chi connectivity index (χ1n) is 4.72. The van der Waals surface area contributed by atoms with Crippen LogP contribution in [0.3, 0.4) is 0 Å². The van der Waals surface area contributed by atoms with Crippen molar-refractivity contribution in [1.82, 2.24) is 10.3 Å². The Labute approximate surface area is 95.9 Å². The fourth-order valence-electron chi connectivity index (χ4n) is 1.41. The number of hydrogen-bond donors (Lipinski definition) is 2. The molecule has 0 spiro atoms. The van der Waals surface area contributed by atoms with Crippen molar-refractivity contribution in [2.75, 3.05) is 13.2 Å². The Balaban J connectivity index is 2.02. The SMILES string of the molecule is NNC(=O)c1ccc(CN2CCOC2=O)s1. The lowest BCUT2D eigenvalue weighted by atomic mass is 10.4. The first-order chi connectivity index (χ1) is 7.70. The highest BCUT2D eigenvalue weighted by atomic mass is 32.1. The van der Waals surface area contributed by atoms with Crippen LogP contribution in [0, 0.1) is 0 Å². The van der Waals surface area contributed by atoms with Gasteiger partial charge in [0, 0.05) is 4.88 Å². The Morgan fingerprint density at radius 3 is 3.06 bits per heavy atom. The van der Waals surface area contributed by atoms with Crippen molar-refractivity contribution in [3.05, 3.63) is 21.9 Å². The van der Waals surface area contributed by atoms with Gasteiger partial charge in [0.1, 0.15) is 6.61 Å². The number of carbonyl (C=O) groups is 2. The van der Waals surface area contributed by atoms with Crippen LogP contribution in [0.4, 0.5) is 4.79 Å². The van der Waals surface area contributed by atoms with Crippen molar-refractivity contribution < 1.29 is 14.3 Å². The molecule has 1 fully saturated rings. The minimum absolute atomic E-state index is 0.307. The van der Waals surface area contributed by atoms with Gasteiger partial charge in [0.05, 0.1) is 18.0 Å². The molecule has 0 aliphatic carbocycles. The van der Waals surface area contributed by atoms with Crippen molar-refractivity contribution in [2.24, 2.45) is 5.84 Å². The van der Waals surface area contributed by atoms with Crippen LogP contribution >= 0.6 is 11.3 Å². The molecule has 0 radical (unpaired) electrons. The molecular formula is C9H11N3O3S. The first-order valence-corrected chi connectivity index (χ1v) is 5.53. The highest BCUT2D eigenvalue weighted by Crippen LogP contribution is 2.19.